The van der Waals surface area contributed by atoms with Crippen LogP contribution in [0, 0.1) is 10.1 Å². The molecule has 0 aromatic carbocycles. The van der Waals surface area contributed by atoms with Crippen LogP contribution in [0.4, 0.5) is 16.3 Å². The highest BCUT2D eigenvalue weighted by molar-refractivity contribution is 5.67. The van der Waals surface area contributed by atoms with E-state index in [1.165, 1.54) is 10.9 Å². The molecule has 0 atom stereocenters. The minimum Gasteiger partial charge on any atom is -0.444 e. The number of rotatable bonds is 6. The van der Waals surface area contributed by atoms with Crippen molar-refractivity contribution in [2.45, 2.75) is 32.8 Å². The van der Waals surface area contributed by atoms with E-state index in [9.17, 15) is 14.9 Å². The molecule has 1 aromatic heterocycles. The van der Waals surface area contributed by atoms with Crippen molar-refractivity contribution in [1.29, 1.82) is 0 Å². The SMILES string of the molecule is CN(CCCNC(=O)OC(C)(C)C)c1c([N+](=O)[O-])cnn1C. The Balaban J connectivity index is 2.44. The molecule has 9 heteroatoms. The number of hydrogen-bond donors (Lipinski definition) is 1. The van der Waals surface area contributed by atoms with Crippen molar-refractivity contribution < 1.29 is 14.5 Å². The number of carbonyl (C=O) groups excluding carboxylic acids is 1. The predicted octanol–water partition coefficient (Wildman–Crippen LogP) is 1.68. The monoisotopic (exact) mass is 313 g/mol. The van der Waals surface area contributed by atoms with Crippen LogP contribution < -0.4 is 10.2 Å². The van der Waals surface area contributed by atoms with Crippen LogP contribution in [0.5, 0.6) is 0 Å². The summed E-state index contributed by atoms with van der Waals surface area (Å²) >= 11 is 0. The molecule has 0 unspecified atom stereocenters. The van der Waals surface area contributed by atoms with Crippen molar-refractivity contribution in [3.63, 3.8) is 0 Å². The second-order valence-electron chi connectivity index (χ2n) is 5.94. The first-order valence-corrected chi connectivity index (χ1v) is 6.96. The first kappa shape index (κ1) is 17.7. The van der Waals surface area contributed by atoms with Gasteiger partial charge in [-0.15, -0.1) is 0 Å². The lowest BCUT2D eigenvalue weighted by molar-refractivity contribution is -0.384. The number of amides is 1. The van der Waals surface area contributed by atoms with Crippen molar-refractivity contribution in [1.82, 2.24) is 15.1 Å². The second kappa shape index (κ2) is 7.10. The average molecular weight is 313 g/mol. The first-order chi connectivity index (χ1) is 10.1. The summed E-state index contributed by atoms with van der Waals surface area (Å²) in [4.78, 5) is 23.7. The molecule has 1 aromatic rings. The lowest BCUT2D eigenvalue weighted by Gasteiger charge is -2.21. The molecule has 22 heavy (non-hydrogen) atoms. The number of aryl methyl sites for hydroxylation is 1. The molecule has 0 aliphatic heterocycles. The Kier molecular flexibility index (Phi) is 5.72. The Morgan fingerprint density at radius 3 is 2.73 bits per heavy atom. The molecule has 0 spiro atoms. The Hall–Kier alpha value is -2.32. The van der Waals surface area contributed by atoms with Crippen LogP contribution in [0.1, 0.15) is 27.2 Å². The molecular weight excluding hydrogens is 290 g/mol. The summed E-state index contributed by atoms with van der Waals surface area (Å²) in [6.45, 7) is 6.34. The number of carbonyl (C=O) groups is 1. The number of anilines is 1. The molecular formula is C13H23N5O4. The van der Waals surface area contributed by atoms with Gasteiger partial charge in [0.25, 0.3) is 0 Å². The highest BCUT2D eigenvalue weighted by atomic mass is 16.6. The molecule has 0 bridgehead atoms. The van der Waals surface area contributed by atoms with Gasteiger partial charge in [-0.1, -0.05) is 0 Å². The number of alkyl carbamates (subject to hydrolysis) is 1. The molecule has 0 saturated heterocycles. The highest BCUT2D eigenvalue weighted by Crippen LogP contribution is 2.25. The minimum absolute atomic E-state index is 0.0369. The fourth-order valence-electron chi connectivity index (χ4n) is 1.92. The molecule has 124 valence electrons. The van der Waals surface area contributed by atoms with Crippen molar-refractivity contribution >= 4 is 17.6 Å². The van der Waals surface area contributed by atoms with Gasteiger partial charge >= 0.3 is 11.8 Å². The zero-order chi connectivity index (χ0) is 16.9. The Morgan fingerprint density at radius 1 is 1.55 bits per heavy atom. The number of nitrogens with one attached hydrogen (secondary N) is 1. The van der Waals surface area contributed by atoms with Crippen molar-refractivity contribution in [2.75, 3.05) is 25.0 Å². The summed E-state index contributed by atoms with van der Waals surface area (Å²) in [5.41, 5.74) is -0.568. The summed E-state index contributed by atoms with van der Waals surface area (Å²) in [6.07, 6.45) is 1.38. The molecule has 0 fully saturated rings. The van der Waals surface area contributed by atoms with Gasteiger partial charge in [-0.3, -0.25) is 10.1 Å². The van der Waals surface area contributed by atoms with Crippen molar-refractivity contribution in [2.24, 2.45) is 7.05 Å². The van der Waals surface area contributed by atoms with Crippen LogP contribution in [-0.2, 0) is 11.8 Å². The van der Waals surface area contributed by atoms with Crippen LogP contribution in [-0.4, -0.2) is 46.5 Å². The van der Waals surface area contributed by atoms with E-state index in [0.717, 1.165) is 0 Å². The van der Waals surface area contributed by atoms with Crippen LogP contribution in [0.25, 0.3) is 0 Å². The Bertz CT molecular complexity index is 535. The highest BCUT2D eigenvalue weighted by Gasteiger charge is 2.22. The summed E-state index contributed by atoms with van der Waals surface area (Å²) in [5, 5.41) is 17.5. The Labute approximate surface area is 129 Å². The maximum atomic E-state index is 11.5. The third-order valence-corrected chi connectivity index (χ3v) is 2.79. The largest absolute Gasteiger partial charge is 0.444 e. The number of aromatic nitrogens is 2. The van der Waals surface area contributed by atoms with Gasteiger partial charge in [-0.2, -0.15) is 5.10 Å². The van der Waals surface area contributed by atoms with Crippen LogP contribution in [0.3, 0.4) is 0 Å². The van der Waals surface area contributed by atoms with E-state index in [-0.39, 0.29) is 5.69 Å². The third-order valence-electron chi connectivity index (χ3n) is 2.79. The van der Waals surface area contributed by atoms with E-state index >= 15 is 0 Å². The molecule has 0 aliphatic rings. The standard InChI is InChI=1S/C13H23N5O4/c1-13(2,3)22-12(19)14-7-6-8-16(4)11-10(18(20)21)9-15-17(11)5/h9H,6-8H2,1-5H3,(H,14,19). The van der Waals surface area contributed by atoms with E-state index in [2.05, 4.69) is 10.4 Å². The molecule has 0 aliphatic carbocycles. The molecule has 0 radical (unpaired) electrons. The van der Waals surface area contributed by atoms with Gasteiger partial charge in [0.15, 0.2) is 0 Å². The van der Waals surface area contributed by atoms with Gasteiger partial charge in [-0.25, -0.2) is 9.48 Å². The maximum Gasteiger partial charge on any atom is 0.407 e. The van der Waals surface area contributed by atoms with Crippen molar-refractivity contribution in [3.8, 4) is 0 Å². The predicted molar refractivity (Wildman–Crippen MR) is 82.0 cm³/mol. The third kappa shape index (κ3) is 5.23. The molecule has 1 rings (SSSR count). The van der Waals surface area contributed by atoms with Gasteiger partial charge < -0.3 is 15.0 Å². The summed E-state index contributed by atoms with van der Waals surface area (Å²) < 4.78 is 6.58. The van der Waals surface area contributed by atoms with Gasteiger partial charge in [0, 0.05) is 27.2 Å². The maximum absolute atomic E-state index is 11.5. The normalized spacial score (nSPS) is 11.1. The van der Waals surface area contributed by atoms with E-state index in [1.807, 2.05) is 0 Å². The number of ether oxygens (including phenoxy) is 1. The molecule has 9 nitrogen and oxygen atoms in total. The van der Waals surface area contributed by atoms with Gasteiger partial charge in [0.05, 0.1) is 4.92 Å². The van der Waals surface area contributed by atoms with Gasteiger partial charge in [-0.05, 0) is 27.2 Å². The van der Waals surface area contributed by atoms with E-state index in [1.54, 1.807) is 39.8 Å². The van der Waals surface area contributed by atoms with Crippen LogP contribution >= 0.6 is 0 Å². The zero-order valence-electron chi connectivity index (χ0n) is 13.6. The van der Waals surface area contributed by atoms with E-state index in [0.29, 0.717) is 25.3 Å². The van der Waals surface area contributed by atoms with Crippen LogP contribution in [0.15, 0.2) is 6.20 Å². The van der Waals surface area contributed by atoms with E-state index in [4.69, 9.17) is 4.74 Å². The first-order valence-electron chi connectivity index (χ1n) is 6.96. The van der Waals surface area contributed by atoms with E-state index < -0.39 is 16.6 Å². The average Bonchev–Trinajstić information content (AvgIpc) is 2.74. The minimum atomic E-state index is -0.532. The van der Waals surface area contributed by atoms with Gasteiger partial charge in [0.2, 0.25) is 5.82 Å². The number of hydrogen-bond acceptors (Lipinski definition) is 6. The number of nitro groups is 1. The summed E-state index contributed by atoms with van der Waals surface area (Å²) in [6, 6.07) is 0. The fourth-order valence-corrected chi connectivity index (χ4v) is 1.92. The van der Waals surface area contributed by atoms with Crippen LogP contribution in [0.2, 0.25) is 0 Å². The fraction of sp³-hybridized carbons (Fsp3) is 0.692. The molecule has 0 saturated carbocycles. The number of nitrogens with zero attached hydrogens (tertiary/aromatic N) is 4. The lowest BCUT2D eigenvalue weighted by Crippen LogP contribution is -2.34. The van der Waals surface area contributed by atoms with Crippen molar-refractivity contribution in [3.05, 3.63) is 16.3 Å². The second-order valence-corrected chi connectivity index (χ2v) is 5.94. The topological polar surface area (TPSA) is 103 Å². The quantitative estimate of drug-likeness (QED) is 0.487. The van der Waals surface area contributed by atoms with Gasteiger partial charge in [0.1, 0.15) is 11.8 Å². The smallest absolute Gasteiger partial charge is 0.407 e. The molecule has 1 heterocycles. The molecule has 1 N–H and O–H groups in total. The zero-order valence-corrected chi connectivity index (χ0v) is 13.6. The summed E-state index contributed by atoms with van der Waals surface area (Å²) in [7, 11) is 3.40. The Morgan fingerprint density at radius 2 is 2.18 bits per heavy atom. The molecule has 1 amide bonds. The summed E-state index contributed by atoms with van der Waals surface area (Å²) in [5.74, 6) is 0.433. The lowest BCUT2D eigenvalue weighted by atomic mass is 10.2.